The molecular formula is C9H16F2O6. The number of carbonyl (C=O) groups is 3. The van der Waals surface area contributed by atoms with E-state index in [2.05, 4.69) is 0 Å². The molecule has 102 valence electrons. The molecule has 0 aromatic carbocycles. The lowest BCUT2D eigenvalue weighted by Crippen LogP contribution is -2.22. The molecule has 0 aromatic rings. The van der Waals surface area contributed by atoms with E-state index in [9.17, 15) is 23.2 Å². The average molecular weight is 258 g/mol. The van der Waals surface area contributed by atoms with E-state index >= 15 is 0 Å². The molecule has 17 heavy (non-hydrogen) atoms. The van der Waals surface area contributed by atoms with E-state index < -0.39 is 29.7 Å². The largest absolute Gasteiger partial charge is 0.481 e. The van der Waals surface area contributed by atoms with Gasteiger partial charge in [-0.2, -0.15) is 8.78 Å². The minimum absolute atomic E-state index is 0.329. The number of hydrogen-bond acceptors (Lipinski definition) is 3. The molecule has 0 aromatic heterocycles. The highest BCUT2D eigenvalue weighted by Crippen LogP contribution is 2.09. The summed E-state index contributed by atoms with van der Waals surface area (Å²) in [5.74, 6) is -9.59. The molecule has 0 saturated carbocycles. The summed E-state index contributed by atoms with van der Waals surface area (Å²) in [5.41, 5.74) is 0. The second-order valence-corrected chi connectivity index (χ2v) is 2.59. The molecule has 0 aliphatic carbocycles. The molecule has 3 N–H and O–H groups in total. The Labute approximate surface area is 96.9 Å². The van der Waals surface area contributed by atoms with Crippen molar-refractivity contribution in [2.24, 2.45) is 5.92 Å². The predicted molar refractivity (Wildman–Crippen MR) is 54.0 cm³/mol. The SMILES string of the molecule is CC.CC(C(=O)O)C(=O)O.CC(F)(F)C(=O)O. The summed E-state index contributed by atoms with van der Waals surface area (Å²) in [6.45, 7) is 5.44. The first kappa shape index (κ1) is 20.7. The number of hydrogen-bond donors (Lipinski definition) is 3. The average Bonchev–Trinajstić information content (AvgIpc) is 2.18. The van der Waals surface area contributed by atoms with Crippen LogP contribution in [0.5, 0.6) is 0 Å². The lowest BCUT2D eigenvalue weighted by molar-refractivity contribution is -0.162. The molecule has 0 unspecified atom stereocenters. The number of carboxylic acid groups (broad SMARTS) is 3. The first-order valence-corrected chi connectivity index (χ1v) is 4.57. The van der Waals surface area contributed by atoms with Gasteiger partial charge in [0.25, 0.3) is 0 Å². The maximum Gasteiger partial charge on any atom is 0.374 e. The van der Waals surface area contributed by atoms with Gasteiger partial charge >= 0.3 is 23.8 Å². The Hall–Kier alpha value is -1.73. The van der Waals surface area contributed by atoms with Crippen molar-refractivity contribution in [2.45, 2.75) is 33.6 Å². The standard InChI is InChI=1S/C4H6O4.C3H4F2O2.C2H6/c1-2(3(5)6)4(7)8;1-3(4,5)2(6)7;1-2/h2H,1H3,(H,5,6)(H,7,8);1H3,(H,6,7);1-2H3. The predicted octanol–water partition coefficient (Wildman–Crippen LogP) is 1.54. The molecule has 0 spiro atoms. The van der Waals surface area contributed by atoms with Crippen molar-refractivity contribution in [3.8, 4) is 0 Å². The highest BCUT2D eigenvalue weighted by molar-refractivity contribution is 5.92. The van der Waals surface area contributed by atoms with Crippen molar-refractivity contribution in [1.29, 1.82) is 0 Å². The second-order valence-electron chi connectivity index (χ2n) is 2.59. The van der Waals surface area contributed by atoms with Gasteiger partial charge in [-0.1, -0.05) is 13.8 Å². The number of carboxylic acids is 3. The fourth-order valence-electron chi connectivity index (χ4n) is 0.106. The van der Waals surface area contributed by atoms with Crippen molar-refractivity contribution >= 4 is 17.9 Å². The lowest BCUT2D eigenvalue weighted by Gasteiger charge is -1.98. The summed E-state index contributed by atoms with van der Waals surface area (Å²) in [7, 11) is 0. The molecular weight excluding hydrogens is 242 g/mol. The van der Waals surface area contributed by atoms with Gasteiger partial charge in [-0.15, -0.1) is 0 Å². The molecule has 0 saturated heterocycles. The fraction of sp³-hybridized carbons (Fsp3) is 0.667. The Morgan fingerprint density at radius 2 is 1.18 bits per heavy atom. The summed E-state index contributed by atoms with van der Waals surface area (Å²) in [6, 6.07) is 0. The van der Waals surface area contributed by atoms with Gasteiger partial charge in [0.1, 0.15) is 0 Å². The molecule has 6 nitrogen and oxygen atoms in total. The van der Waals surface area contributed by atoms with Crippen molar-refractivity contribution < 1.29 is 38.5 Å². The Morgan fingerprint density at radius 1 is 1.00 bits per heavy atom. The van der Waals surface area contributed by atoms with Gasteiger partial charge in [0.15, 0.2) is 5.92 Å². The molecule has 0 heterocycles. The molecule has 0 aliphatic heterocycles. The Balaban J connectivity index is -0.000000202. The smallest absolute Gasteiger partial charge is 0.374 e. The van der Waals surface area contributed by atoms with Crippen molar-refractivity contribution in [1.82, 2.24) is 0 Å². The molecule has 0 amide bonds. The van der Waals surface area contributed by atoms with Gasteiger partial charge in [0.05, 0.1) is 0 Å². The van der Waals surface area contributed by atoms with Crippen LogP contribution in [-0.4, -0.2) is 39.2 Å². The number of rotatable bonds is 3. The topological polar surface area (TPSA) is 112 Å². The number of halogens is 2. The normalized spacial score (nSPS) is 9.35. The number of alkyl halides is 2. The van der Waals surface area contributed by atoms with Gasteiger partial charge in [0, 0.05) is 6.92 Å². The summed E-state index contributed by atoms with van der Waals surface area (Å²) < 4.78 is 22.5. The monoisotopic (exact) mass is 258 g/mol. The van der Waals surface area contributed by atoms with Crippen molar-refractivity contribution in [3.63, 3.8) is 0 Å². The van der Waals surface area contributed by atoms with E-state index in [0.29, 0.717) is 6.92 Å². The fourth-order valence-corrected chi connectivity index (χ4v) is 0.106. The van der Waals surface area contributed by atoms with E-state index in [4.69, 9.17) is 15.3 Å². The van der Waals surface area contributed by atoms with E-state index in [1.165, 1.54) is 0 Å². The van der Waals surface area contributed by atoms with Crippen molar-refractivity contribution in [2.75, 3.05) is 0 Å². The highest BCUT2D eigenvalue weighted by Gasteiger charge is 2.31. The van der Waals surface area contributed by atoms with Crippen LogP contribution in [0.1, 0.15) is 27.7 Å². The van der Waals surface area contributed by atoms with Crippen LogP contribution in [-0.2, 0) is 14.4 Å². The first-order valence-electron chi connectivity index (χ1n) is 4.57. The molecule has 0 bridgehead atoms. The molecule has 0 atom stereocenters. The van der Waals surface area contributed by atoms with E-state index in [-0.39, 0.29) is 0 Å². The summed E-state index contributed by atoms with van der Waals surface area (Å²) in [5, 5.41) is 23.4. The minimum atomic E-state index is -3.58. The van der Waals surface area contributed by atoms with E-state index in [1.54, 1.807) is 0 Å². The van der Waals surface area contributed by atoms with Crippen LogP contribution in [0.4, 0.5) is 8.78 Å². The van der Waals surface area contributed by atoms with Crippen LogP contribution in [0.25, 0.3) is 0 Å². The molecule has 0 fully saturated rings. The van der Waals surface area contributed by atoms with E-state index in [1.807, 2.05) is 13.8 Å². The van der Waals surface area contributed by atoms with Crippen LogP contribution in [0, 0.1) is 5.92 Å². The molecule has 0 radical (unpaired) electrons. The Morgan fingerprint density at radius 3 is 1.18 bits per heavy atom. The molecule has 8 heteroatoms. The van der Waals surface area contributed by atoms with Crippen LogP contribution < -0.4 is 0 Å². The Kier molecular flexibility index (Phi) is 11.5. The van der Waals surface area contributed by atoms with Crippen LogP contribution in [0.15, 0.2) is 0 Å². The first-order chi connectivity index (χ1) is 7.50. The third-order valence-electron chi connectivity index (χ3n) is 1.12. The maximum atomic E-state index is 11.2. The third kappa shape index (κ3) is 14.3. The summed E-state index contributed by atoms with van der Waals surface area (Å²) in [4.78, 5) is 28.8. The van der Waals surface area contributed by atoms with E-state index in [0.717, 1.165) is 6.92 Å². The highest BCUT2D eigenvalue weighted by atomic mass is 19.3. The summed E-state index contributed by atoms with van der Waals surface area (Å²) >= 11 is 0. The zero-order valence-corrected chi connectivity index (χ0v) is 9.90. The number of aliphatic carboxylic acids is 3. The maximum absolute atomic E-state index is 11.2. The summed E-state index contributed by atoms with van der Waals surface area (Å²) in [6.07, 6.45) is 0. The minimum Gasteiger partial charge on any atom is -0.481 e. The molecule has 0 rings (SSSR count). The Bertz CT molecular complexity index is 245. The van der Waals surface area contributed by atoms with Gasteiger partial charge < -0.3 is 15.3 Å². The van der Waals surface area contributed by atoms with Crippen LogP contribution in [0.2, 0.25) is 0 Å². The van der Waals surface area contributed by atoms with Crippen LogP contribution in [0.3, 0.4) is 0 Å². The third-order valence-corrected chi connectivity index (χ3v) is 1.12. The van der Waals surface area contributed by atoms with Gasteiger partial charge in [-0.25, -0.2) is 4.79 Å². The van der Waals surface area contributed by atoms with Crippen molar-refractivity contribution in [3.05, 3.63) is 0 Å². The second kappa shape index (κ2) is 9.49. The molecule has 0 aliphatic rings. The zero-order chi connectivity index (χ0) is 14.8. The van der Waals surface area contributed by atoms with Gasteiger partial charge in [-0.05, 0) is 6.92 Å². The quantitative estimate of drug-likeness (QED) is 0.662. The lowest BCUT2D eigenvalue weighted by atomic mass is 10.2. The van der Waals surface area contributed by atoms with Crippen LogP contribution >= 0.6 is 0 Å². The van der Waals surface area contributed by atoms with Gasteiger partial charge in [-0.3, -0.25) is 9.59 Å². The zero-order valence-electron chi connectivity index (χ0n) is 9.90. The van der Waals surface area contributed by atoms with Gasteiger partial charge in [0.2, 0.25) is 0 Å².